The van der Waals surface area contributed by atoms with E-state index in [2.05, 4.69) is 110 Å². The van der Waals surface area contributed by atoms with Gasteiger partial charge in [0.15, 0.2) is 5.78 Å². The third kappa shape index (κ3) is 12.1. The average Bonchev–Trinajstić information content (AvgIpc) is 3.52. The summed E-state index contributed by atoms with van der Waals surface area (Å²) in [4.78, 5) is 14.7. The van der Waals surface area contributed by atoms with Gasteiger partial charge in [-0.05, 0) is 59.4 Å². The summed E-state index contributed by atoms with van der Waals surface area (Å²) in [5.41, 5.74) is 9.34. The van der Waals surface area contributed by atoms with Crippen LogP contribution in [0.1, 0.15) is 163 Å². The maximum absolute atomic E-state index is 14.7. The third-order valence-corrected chi connectivity index (χ3v) is 10.5. The number of ketones is 1. The van der Waals surface area contributed by atoms with Crippen LogP contribution in [0.25, 0.3) is 22.3 Å². The molecular formula is C53H60O. The topological polar surface area (TPSA) is 17.1 Å². The van der Waals surface area contributed by atoms with E-state index in [1.807, 2.05) is 36.4 Å². The molecule has 4 aromatic carbocycles. The molecular weight excluding hydrogens is 653 g/mol. The molecule has 1 nitrogen and oxygen atoms in total. The van der Waals surface area contributed by atoms with Crippen molar-refractivity contribution in [3.8, 4) is 23.7 Å². The Kier molecular flexibility index (Phi) is 17.2. The molecule has 278 valence electrons. The molecule has 0 aliphatic heterocycles. The van der Waals surface area contributed by atoms with Gasteiger partial charge >= 0.3 is 0 Å². The lowest BCUT2D eigenvalue weighted by atomic mass is 9.88. The Morgan fingerprint density at radius 2 is 0.667 bits per heavy atom. The molecule has 1 aliphatic carbocycles. The molecule has 0 unspecified atom stereocenters. The molecule has 0 heterocycles. The van der Waals surface area contributed by atoms with Crippen LogP contribution in [0.4, 0.5) is 0 Å². The molecule has 0 saturated carbocycles. The number of Topliss-reactive ketones (excluding diaryl/α,β-unsaturated/α-hetero) is 1. The van der Waals surface area contributed by atoms with E-state index in [1.165, 1.54) is 89.9 Å². The number of hydrogen-bond donors (Lipinski definition) is 0. The lowest BCUT2D eigenvalue weighted by Gasteiger charge is -2.14. The van der Waals surface area contributed by atoms with E-state index in [-0.39, 0.29) is 5.78 Å². The number of rotatable bonds is 20. The first-order valence-electron chi connectivity index (χ1n) is 21.0. The molecule has 1 aliphatic rings. The van der Waals surface area contributed by atoms with Gasteiger partial charge in [0, 0.05) is 46.3 Å². The third-order valence-electron chi connectivity index (χ3n) is 10.5. The molecule has 0 radical (unpaired) electrons. The van der Waals surface area contributed by atoms with E-state index < -0.39 is 0 Å². The quantitative estimate of drug-likeness (QED) is 0.0658. The predicted octanol–water partition coefficient (Wildman–Crippen LogP) is 14.6. The van der Waals surface area contributed by atoms with E-state index in [4.69, 9.17) is 0 Å². The maximum atomic E-state index is 14.7. The van der Waals surface area contributed by atoms with Crippen LogP contribution in [0.2, 0.25) is 0 Å². The second kappa shape index (κ2) is 23.0. The Bertz CT molecular complexity index is 1770. The minimum atomic E-state index is 0.0564. The molecule has 5 rings (SSSR count). The number of benzene rings is 4. The number of unbranched alkanes of at least 4 members (excludes halogenated alkanes) is 16. The Labute approximate surface area is 327 Å². The summed E-state index contributed by atoms with van der Waals surface area (Å²) < 4.78 is 0. The zero-order valence-electron chi connectivity index (χ0n) is 33.0. The lowest BCUT2D eigenvalue weighted by molar-refractivity contribution is -0.108. The normalized spacial score (nSPS) is 12.4. The van der Waals surface area contributed by atoms with Gasteiger partial charge in [-0.25, -0.2) is 0 Å². The van der Waals surface area contributed by atoms with Crippen LogP contribution in [0.3, 0.4) is 0 Å². The van der Waals surface area contributed by atoms with Crippen molar-refractivity contribution in [1.29, 1.82) is 0 Å². The summed E-state index contributed by atoms with van der Waals surface area (Å²) in [7, 11) is 0. The van der Waals surface area contributed by atoms with Gasteiger partial charge in [0.2, 0.25) is 0 Å². The molecule has 0 atom stereocenters. The van der Waals surface area contributed by atoms with Gasteiger partial charge < -0.3 is 0 Å². The maximum Gasteiger partial charge on any atom is 0.195 e. The minimum Gasteiger partial charge on any atom is -0.289 e. The standard InChI is InChI=1S/C53H60O/c1-3-5-7-9-11-13-15-17-19-23-29-43-35-39-47(40-36-43)49-50(48-41-37-44(38-42-48)30-24-20-18-16-14-12-10-8-6-4-2)52(46-33-27-22-28-34-46)53(54)51(49)45-31-25-21-26-32-45/h21-22,25-28,31-42H,3-20H2,1-2H3. The summed E-state index contributed by atoms with van der Waals surface area (Å²) >= 11 is 0. The molecule has 0 bridgehead atoms. The van der Waals surface area contributed by atoms with Gasteiger partial charge in [0.25, 0.3) is 0 Å². The van der Waals surface area contributed by atoms with Crippen LogP contribution in [0.15, 0.2) is 109 Å². The highest BCUT2D eigenvalue weighted by molar-refractivity contribution is 6.59. The predicted molar refractivity (Wildman–Crippen MR) is 233 cm³/mol. The fourth-order valence-electron chi connectivity index (χ4n) is 7.40. The van der Waals surface area contributed by atoms with Gasteiger partial charge in [-0.1, -0.05) is 212 Å². The fourth-order valence-corrected chi connectivity index (χ4v) is 7.40. The van der Waals surface area contributed by atoms with Crippen molar-refractivity contribution in [2.24, 2.45) is 0 Å². The van der Waals surface area contributed by atoms with Gasteiger partial charge in [-0.15, -0.1) is 0 Å². The second-order valence-electron chi connectivity index (χ2n) is 14.8. The Morgan fingerprint density at radius 1 is 0.352 bits per heavy atom. The van der Waals surface area contributed by atoms with E-state index in [0.717, 1.165) is 81.4 Å². The van der Waals surface area contributed by atoms with Gasteiger partial charge in [0.1, 0.15) is 0 Å². The fraction of sp³-hybridized carbons (Fsp3) is 0.377. The number of hydrogen-bond acceptors (Lipinski definition) is 1. The summed E-state index contributed by atoms with van der Waals surface area (Å²) in [6, 6.07) is 37.3. The van der Waals surface area contributed by atoms with Gasteiger partial charge in [-0.3, -0.25) is 4.79 Å². The van der Waals surface area contributed by atoms with Crippen LogP contribution in [-0.4, -0.2) is 5.78 Å². The van der Waals surface area contributed by atoms with Crippen molar-refractivity contribution in [3.05, 3.63) is 143 Å². The number of carbonyl (C=O) groups excluding carboxylic acids is 1. The Hall–Kier alpha value is -4.85. The molecule has 0 N–H and O–H groups in total. The van der Waals surface area contributed by atoms with Crippen LogP contribution in [0.5, 0.6) is 0 Å². The van der Waals surface area contributed by atoms with E-state index in [9.17, 15) is 4.79 Å². The SMILES string of the molecule is CCCCCCCCCCC#Cc1ccc(C2=C(c3ccccc3)C(=O)C(c3ccccc3)=C2c2ccc(C#CCCCCCCCCCC)cc2)cc1. The lowest BCUT2D eigenvalue weighted by Crippen LogP contribution is -2.01. The van der Waals surface area contributed by atoms with Crippen LogP contribution in [0, 0.1) is 23.7 Å². The minimum absolute atomic E-state index is 0.0564. The van der Waals surface area contributed by atoms with Crippen LogP contribution >= 0.6 is 0 Å². The largest absolute Gasteiger partial charge is 0.289 e. The monoisotopic (exact) mass is 712 g/mol. The zero-order chi connectivity index (χ0) is 37.6. The number of carbonyl (C=O) groups is 1. The van der Waals surface area contributed by atoms with Crippen molar-refractivity contribution < 1.29 is 4.79 Å². The van der Waals surface area contributed by atoms with Gasteiger partial charge in [-0.2, -0.15) is 0 Å². The summed E-state index contributed by atoms with van der Waals surface area (Å²) in [5, 5.41) is 0. The molecule has 1 heteroatoms. The van der Waals surface area contributed by atoms with Crippen LogP contribution in [-0.2, 0) is 4.79 Å². The Morgan fingerprint density at radius 3 is 1.02 bits per heavy atom. The van der Waals surface area contributed by atoms with E-state index >= 15 is 0 Å². The highest BCUT2D eigenvalue weighted by atomic mass is 16.1. The molecule has 0 amide bonds. The highest BCUT2D eigenvalue weighted by Gasteiger charge is 2.35. The Balaban J connectivity index is 1.37. The molecule has 4 aromatic rings. The molecule has 0 saturated heterocycles. The van der Waals surface area contributed by atoms with E-state index in [1.54, 1.807) is 0 Å². The van der Waals surface area contributed by atoms with Crippen molar-refractivity contribution in [2.45, 2.75) is 129 Å². The first kappa shape index (κ1) is 40.3. The first-order valence-corrected chi connectivity index (χ1v) is 21.0. The van der Waals surface area contributed by atoms with Crippen molar-refractivity contribution in [2.75, 3.05) is 0 Å². The zero-order valence-corrected chi connectivity index (χ0v) is 33.0. The summed E-state index contributed by atoms with van der Waals surface area (Å²) in [5.74, 6) is 13.7. The first-order chi connectivity index (χ1) is 26.7. The second-order valence-corrected chi connectivity index (χ2v) is 14.8. The highest BCUT2D eigenvalue weighted by Crippen LogP contribution is 2.49. The molecule has 54 heavy (non-hydrogen) atoms. The average molecular weight is 713 g/mol. The molecule has 0 spiro atoms. The summed E-state index contributed by atoms with van der Waals surface area (Å²) in [6.45, 7) is 4.54. The van der Waals surface area contributed by atoms with Crippen molar-refractivity contribution >= 4 is 28.1 Å². The molecule has 0 fully saturated rings. The van der Waals surface area contributed by atoms with Crippen LogP contribution < -0.4 is 0 Å². The summed E-state index contributed by atoms with van der Waals surface area (Å²) in [6.07, 6.45) is 22.8. The van der Waals surface area contributed by atoms with Crippen molar-refractivity contribution in [3.63, 3.8) is 0 Å². The molecule has 0 aromatic heterocycles. The van der Waals surface area contributed by atoms with E-state index in [0.29, 0.717) is 0 Å². The smallest absolute Gasteiger partial charge is 0.195 e. The number of allylic oxidation sites excluding steroid dienone is 4. The van der Waals surface area contributed by atoms with Crippen molar-refractivity contribution in [1.82, 2.24) is 0 Å². The van der Waals surface area contributed by atoms with Gasteiger partial charge in [0.05, 0.1) is 0 Å².